The number of anilines is 2. The van der Waals surface area contributed by atoms with E-state index >= 15 is 0 Å². The standard InChI is InChI=1S/C29H36N6O3/c1-21-27-25(9-11-35(21)26-20-23(37)19-22-7-4-5-8-24(22)26)28(31-29(30-27)38-18-16-32(2)3)34-14-12-33(13-15-34)10-6-17-36/h4-8,10,17,19-21,37H,9,11-16,18H2,1-3H3/t21-/m0/s1. The first-order valence-electron chi connectivity index (χ1n) is 13.2. The Kier molecular flexibility index (Phi) is 7.64. The van der Waals surface area contributed by atoms with E-state index in [9.17, 15) is 9.90 Å². The van der Waals surface area contributed by atoms with Crippen molar-refractivity contribution in [2.24, 2.45) is 0 Å². The zero-order chi connectivity index (χ0) is 26.6. The summed E-state index contributed by atoms with van der Waals surface area (Å²) in [6, 6.07) is 12.2. The zero-order valence-electron chi connectivity index (χ0n) is 22.4. The van der Waals surface area contributed by atoms with Gasteiger partial charge < -0.3 is 29.4 Å². The van der Waals surface area contributed by atoms with Crippen molar-refractivity contribution >= 4 is 28.6 Å². The fourth-order valence-corrected chi connectivity index (χ4v) is 5.35. The topological polar surface area (TPSA) is 85.3 Å². The lowest BCUT2D eigenvalue weighted by Crippen LogP contribution is -2.45. The van der Waals surface area contributed by atoms with E-state index in [0.29, 0.717) is 12.6 Å². The molecule has 200 valence electrons. The molecule has 2 aliphatic rings. The maximum atomic E-state index is 10.7. The third-order valence-corrected chi connectivity index (χ3v) is 7.36. The highest BCUT2D eigenvalue weighted by Gasteiger charge is 2.32. The third-order valence-electron chi connectivity index (χ3n) is 7.36. The highest BCUT2D eigenvalue weighted by atomic mass is 16.5. The summed E-state index contributed by atoms with van der Waals surface area (Å²) in [5.74, 6) is 1.20. The van der Waals surface area contributed by atoms with E-state index in [1.54, 1.807) is 6.08 Å². The maximum Gasteiger partial charge on any atom is 0.318 e. The lowest BCUT2D eigenvalue weighted by atomic mass is 9.96. The predicted molar refractivity (Wildman–Crippen MR) is 150 cm³/mol. The quantitative estimate of drug-likeness (QED) is 0.358. The maximum absolute atomic E-state index is 10.7. The molecule has 2 aromatic carbocycles. The molecule has 1 aromatic heterocycles. The molecule has 38 heavy (non-hydrogen) atoms. The number of aromatic hydroxyl groups is 1. The van der Waals surface area contributed by atoms with Crippen LogP contribution in [0.3, 0.4) is 0 Å². The molecule has 3 heterocycles. The van der Waals surface area contributed by atoms with E-state index in [0.717, 1.165) is 85.5 Å². The number of allylic oxidation sites excluding steroid dienone is 1. The molecule has 0 aliphatic carbocycles. The van der Waals surface area contributed by atoms with E-state index in [-0.39, 0.29) is 11.8 Å². The van der Waals surface area contributed by atoms with Gasteiger partial charge >= 0.3 is 6.01 Å². The van der Waals surface area contributed by atoms with Gasteiger partial charge in [0, 0.05) is 68.2 Å². The molecule has 1 fully saturated rings. The van der Waals surface area contributed by atoms with E-state index in [4.69, 9.17) is 14.7 Å². The van der Waals surface area contributed by atoms with Crippen LogP contribution in [0, 0.1) is 0 Å². The molecule has 9 heteroatoms. The molecular formula is C29H36N6O3. The number of piperazine rings is 1. The molecule has 1 atom stereocenters. The van der Waals surface area contributed by atoms with E-state index in [1.165, 1.54) is 0 Å². The molecule has 5 rings (SSSR count). The predicted octanol–water partition coefficient (Wildman–Crippen LogP) is 3.23. The van der Waals surface area contributed by atoms with Gasteiger partial charge in [0.15, 0.2) is 0 Å². The number of phenols is 1. The summed E-state index contributed by atoms with van der Waals surface area (Å²) in [6.07, 6.45) is 5.00. The summed E-state index contributed by atoms with van der Waals surface area (Å²) in [6.45, 7) is 7.48. The Labute approximate surface area is 223 Å². The molecule has 2 aliphatic heterocycles. The Balaban J connectivity index is 1.49. The van der Waals surface area contributed by atoms with Gasteiger partial charge in [-0.15, -0.1) is 0 Å². The number of fused-ring (bicyclic) bond motifs is 2. The van der Waals surface area contributed by atoms with Crippen molar-refractivity contribution in [2.75, 3.05) is 69.8 Å². The van der Waals surface area contributed by atoms with Gasteiger partial charge in [-0.1, -0.05) is 24.3 Å². The monoisotopic (exact) mass is 516 g/mol. The van der Waals surface area contributed by atoms with Gasteiger partial charge in [0.2, 0.25) is 0 Å². The van der Waals surface area contributed by atoms with Crippen LogP contribution < -0.4 is 14.5 Å². The van der Waals surface area contributed by atoms with Gasteiger partial charge in [0.25, 0.3) is 0 Å². The average molecular weight is 517 g/mol. The van der Waals surface area contributed by atoms with Crippen LogP contribution in [-0.4, -0.2) is 91.1 Å². The average Bonchev–Trinajstić information content (AvgIpc) is 2.92. The molecule has 1 saturated heterocycles. The third kappa shape index (κ3) is 5.38. The summed E-state index contributed by atoms with van der Waals surface area (Å²) in [7, 11) is 4.03. The van der Waals surface area contributed by atoms with Crippen molar-refractivity contribution in [1.82, 2.24) is 19.8 Å². The summed E-state index contributed by atoms with van der Waals surface area (Å²) < 4.78 is 6.06. The molecular weight excluding hydrogens is 480 g/mol. The number of ether oxygens (including phenoxy) is 1. The van der Waals surface area contributed by atoms with Crippen LogP contribution in [0.5, 0.6) is 11.8 Å². The molecule has 0 unspecified atom stereocenters. The van der Waals surface area contributed by atoms with Crippen molar-refractivity contribution in [3.8, 4) is 11.8 Å². The van der Waals surface area contributed by atoms with E-state index in [1.807, 2.05) is 50.6 Å². The molecule has 9 nitrogen and oxygen atoms in total. The summed E-state index contributed by atoms with van der Waals surface area (Å²) in [5.41, 5.74) is 3.14. The fourth-order valence-electron chi connectivity index (χ4n) is 5.35. The van der Waals surface area contributed by atoms with Gasteiger partial charge in [-0.2, -0.15) is 9.97 Å². The van der Waals surface area contributed by atoms with Crippen LogP contribution in [0.1, 0.15) is 24.2 Å². The lowest BCUT2D eigenvalue weighted by Gasteiger charge is -2.40. The number of aromatic nitrogens is 2. The second-order valence-corrected chi connectivity index (χ2v) is 10.2. The first kappa shape index (κ1) is 25.8. The van der Waals surface area contributed by atoms with Crippen molar-refractivity contribution in [3.05, 3.63) is 59.9 Å². The molecule has 1 N–H and O–H groups in total. The van der Waals surface area contributed by atoms with Crippen LogP contribution in [-0.2, 0) is 11.2 Å². The van der Waals surface area contributed by atoms with Crippen LogP contribution in [0.2, 0.25) is 0 Å². The van der Waals surface area contributed by atoms with Gasteiger partial charge in [-0.05, 0) is 45.0 Å². The second kappa shape index (κ2) is 11.3. The number of hydrogen-bond acceptors (Lipinski definition) is 9. The summed E-state index contributed by atoms with van der Waals surface area (Å²) in [5, 5.41) is 12.6. The van der Waals surface area contributed by atoms with Crippen molar-refractivity contribution in [1.29, 1.82) is 0 Å². The SMILES string of the molecule is C[C@H]1c2nc(OCCN(C)C)nc(N3CCN(C=CC=O)CC3)c2CCN1c1cc(O)cc2ccccc12. The smallest absolute Gasteiger partial charge is 0.318 e. The molecule has 0 saturated carbocycles. The number of nitrogens with zero attached hydrogens (tertiary/aromatic N) is 6. The lowest BCUT2D eigenvalue weighted by molar-refractivity contribution is -0.104. The first-order chi connectivity index (χ1) is 18.4. The number of benzene rings is 2. The van der Waals surface area contributed by atoms with Crippen molar-refractivity contribution in [3.63, 3.8) is 0 Å². The van der Waals surface area contributed by atoms with Crippen molar-refractivity contribution < 1.29 is 14.6 Å². The minimum Gasteiger partial charge on any atom is -0.508 e. The van der Waals surface area contributed by atoms with Crippen LogP contribution >= 0.6 is 0 Å². The van der Waals surface area contributed by atoms with Gasteiger partial charge in [-0.3, -0.25) is 4.79 Å². The Morgan fingerprint density at radius 1 is 1.11 bits per heavy atom. The Morgan fingerprint density at radius 2 is 1.89 bits per heavy atom. The molecule has 3 aromatic rings. The van der Waals surface area contributed by atoms with Gasteiger partial charge in [0.05, 0.1) is 11.7 Å². The van der Waals surface area contributed by atoms with Crippen LogP contribution in [0.25, 0.3) is 10.8 Å². The Hall–Kier alpha value is -3.85. The minimum absolute atomic E-state index is 0.0290. The zero-order valence-corrected chi connectivity index (χ0v) is 22.4. The summed E-state index contributed by atoms with van der Waals surface area (Å²) >= 11 is 0. The number of carbonyl (C=O) groups excluding carboxylic acids is 1. The Morgan fingerprint density at radius 3 is 2.66 bits per heavy atom. The summed E-state index contributed by atoms with van der Waals surface area (Å²) in [4.78, 5) is 29.5. The number of carbonyl (C=O) groups is 1. The molecule has 0 radical (unpaired) electrons. The first-order valence-corrected chi connectivity index (χ1v) is 13.2. The van der Waals surface area contributed by atoms with Crippen LogP contribution in [0.15, 0.2) is 48.7 Å². The van der Waals surface area contributed by atoms with E-state index in [2.05, 4.69) is 32.6 Å². The fraction of sp³-hybridized carbons (Fsp3) is 0.414. The molecule has 0 bridgehead atoms. The van der Waals surface area contributed by atoms with Gasteiger partial charge in [-0.25, -0.2) is 0 Å². The normalized spacial score (nSPS) is 17.9. The highest BCUT2D eigenvalue weighted by molar-refractivity contribution is 5.96. The number of hydrogen-bond donors (Lipinski definition) is 1. The van der Waals surface area contributed by atoms with Crippen molar-refractivity contribution in [2.45, 2.75) is 19.4 Å². The number of aldehydes is 1. The number of likely N-dealkylation sites (N-methyl/N-ethyl adjacent to an activating group) is 1. The minimum atomic E-state index is -0.0290. The van der Waals surface area contributed by atoms with Gasteiger partial charge in [0.1, 0.15) is 24.5 Å². The highest BCUT2D eigenvalue weighted by Crippen LogP contribution is 2.41. The second-order valence-electron chi connectivity index (χ2n) is 10.2. The molecule has 0 spiro atoms. The van der Waals surface area contributed by atoms with E-state index < -0.39 is 0 Å². The number of phenolic OH excluding ortho intramolecular Hbond substituents is 1. The molecule has 0 amide bonds. The number of rotatable bonds is 8. The Bertz CT molecular complexity index is 1320. The largest absolute Gasteiger partial charge is 0.508 e. The van der Waals surface area contributed by atoms with Crippen LogP contribution in [0.4, 0.5) is 11.5 Å².